The van der Waals surface area contributed by atoms with E-state index in [2.05, 4.69) is 25.2 Å². The number of nitrogens with zero attached hydrogens (tertiary/aromatic N) is 4. The van der Waals surface area contributed by atoms with Gasteiger partial charge in [0.2, 0.25) is 15.9 Å². The number of rotatable bonds is 20. The second kappa shape index (κ2) is 22.6. The smallest absolute Gasteiger partial charge is 0.323 e. The van der Waals surface area contributed by atoms with Crippen molar-refractivity contribution in [3.8, 4) is 23.0 Å². The lowest BCUT2D eigenvalue weighted by atomic mass is 9.86. The number of carboxylic acids is 1. The number of anilines is 3. The summed E-state index contributed by atoms with van der Waals surface area (Å²) in [6, 6.07) is 22.4. The lowest BCUT2D eigenvalue weighted by Gasteiger charge is -2.35. The lowest BCUT2D eigenvalue weighted by Crippen LogP contribution is -2.49. The molecule has 0 unspecified atom stereocenters. The lowest BCUT2D eigenvalue weighted by molar-refractivity contribution is -0.143. The minimum absolute atomic E-state index is 0.0205. The van der Waals surface area contributed by atoms with Gasteiger partial charge in [-0.25, -0.2) is 13.2 Å². The number of ketones is 1. The Balaban J connectivity index is 1.05. The first kappa shape index (κ1) is 51.6. The molecule has 4 N–H and O–H groups in total. The van der Waals surface area contributed by atoms with Gasteiger partial charge in [0.1, 0.15) is 23.3 Å². The third-order valence-corrected chi connectivity index (χ3v) is 12.5. The Morgan fingerprint density at radius 2 is 1.52 bits per heavy atom. The molecule has 0 saturated carbocycles. The van der Waals surface area contributed by atoms with E-state index in [1.807, 2.05) is 63.2 Å². The van der Waals surface area contributed by atoms with Crippen molar-refractivity contribution in [2.45, 2.75) is 64.3 Å². The van der Waals surface area contributed by atoms with Gasteiger partial charge >= 0.3 is 12.0 Å². The molecule has 17 nitrogen and oxygen atoms in total. The van der Waals surface area contributed by atoms with Crippen molar-refractivity contribution in [1.82, 2.24) is 19.7 Å². The number of benzene rings is 4. The normalized spacial score (nSPS) is 13.7. The van der Waals surface area contributed by atoms with Gasteiger partial charge in [0.15, 0.2) is 11.5 Å². The highest BCUT2D eigenvalue weighted by molar-refractivity contribution is 7.92. The number of carboxylic acid groups (broad SMARTS) is 1. The number of urea groups is 1. The van der Waals surface area contributed by atoms with Crippen LogP contribution in [-0.2, 0) is 31.4 Å². The molecule has 0 radical (unpaired) electrons. The molecule has 1 aliphatic heterocycles. The Kier molecular flexibility index (Phi) is 16.9. The van der Waals surface area contributed by atoms with Crippen LogP contribution in [-0.4, -0.2) is 130 Å². The highest BCUT2D eigenvalue weighted by Gasteiger charge is 2.26. The van der Waals surface area contributed by atoms with Gasteiger partial charge in [-0.2, -0.15) is 0 Å². The maximum Gasteiger partial charge on any atom is 0.323 e. The second-order valence-corrected chi connectivity index (χ2v) is 20.1. The summed E-state index contributed by atoms with van der Waals surface area (Å²) >= 11 is 0. The number of likely N-dealkylation sites (N-methyl/N-ethyl adjacent to an activating group) is 1. The van der Waals surface area contributed by atoms with Crippen LogP contribution in [0.4, 0.5) is 21.9 Å². The molecule has 4 aromatic carbocycles. The van der Waals surface area contributed by atoms with E-state index < -0.39 is 28.1 Å². The first-order valence-corrected chi connectivity index (χ1v) is 24.6. The van der Waals surface area contributed by atoms with Crippen LogP contribution in [0.1, 0.15) is 73.6 Å². The topological polar surface area (TPSA) is 209 Å². The van der Waals surface area contributed by atoms with E-state index in [0.29, 0.717) is 85.9 Å². The zero-order valence-corrected chi connectivity index (χ0v) is 41.4. The molecule has 6 rings (SSSR count). The molecule has 3 amide bonds. The number of hydrogen-bond acceptors (Lipinski definition) is 12. The molecule has 1 atom stereocenters. The summed E-state index contributed by atoms with van der Waals surface area (Å²) < 4.78 is 44.6. The zero-order valence-electron chi connectivity index (χ0n) is 40.5. The van der Waals surface area contributed by atoms with Gasteiger partial charge in [0.25, 0.3) is 0 Å². The van der Waals surface area contributed by atoms with E-state index in [4.69, 9.17) is 14.2 Å². The van der Waals surface area contributed by atoms with E-state index in [9.17, 15) is 32.7 Å². The summed E-state index contributed by atoms with van der Waals surface area (Å²) in [6.07, 6.45) is 4.60. The highest BCUT2D eigenvalue weighted by Crippen LogP contribution is 2.40. The molecule has 5 aromatic rings. The fraction of sp³-hybridized carbons (Fsp3) is 0.392. The fourth-order valence-corrected chi connectivity index (χ4v) is 8.81. The van der Waals surface area contributed by atoms with E-state index in [-0.39, 0.29) is 47.1 Å². The zero-order chi connectivity index (χ0) is 50.0. The predicted octanol–water partition coefficient (Wildman–Crippen LogP) is 7.85. The van der Waals surface area contributed by atoms with Crippen LogP contribution in [0.15, 0.2) is 85.1 Å². The summed E-state index contributed by atoms with van der Waals surface area (Å²) in [5, 5.41) is 16.6. The molecular formula is C51H63N7O10S. The number of amides is 3. The van der Waals surface area contributed by atoms with Crippen LogP contribution in [0.5, 0.6) is 23.0 Å². The molecule has 1 aromatic heterocycles. The first-order valence-electron chi connectivity index (χ1n) is 22.7. The standard InChI is InChI=1S/C51H63N7O10S/c1-51(2,3)34-30-41(48(67-7)42(31-34)55-69(8,64)65)54-50(63)53-40-17-19-45(38-13-10-9-12-37(38)40)68-36-21-22-52-35(32-36)28-33-15-16-39(46(29-33)66-6)44(59)14-11-23-57-24-26-58(27-25-57)47(60)20-18-43(49(61)62)56(4)5/h9-10,12-13,15-17,19,21-22,29-32,43,55H,11,14,18,20,23-28H2,1-8H3,(H,61,62)(H2,53,54,63)/t43-/m0/s1. The largest absolute Gasteiger partial charge is 0.496 e. The molecule has 0 spiro atoms. The van der Waals surface area contributed by atoms with Crippen LogP contribution < -0.4 is 29.6 Å². The van der Waals surface area contributed by atoms with Crippen LogP contribution in [0.3, 0.4) is 0 Å². The van der Waals surface area contributed by atoms with Crippen LogP contribution in [0.25, 0.3) is 10.8 Å². The van der Waals surface area contributed by atoms with Gasteiger partial charge in [-0.3, -0.25) is 33.9 Å². The number of fused-ring (bicyclic) bond motifs is 1. The maximum atomic E-state index is 13.6. The third-order valence-electron chi connectivity index (χ3n) is 11.9. The molecular weight excluding hydrogens is 903 g/mol. The number of sulfonamides is 1. The number of carbonyl (C=O) groups excluding carboxylic acids is 3. The van der Waals surface area contributed by atoms with Gasteiger partial charge in [-0.15, -0.1) is 0 Å². The Morgan fingerprint density at radius 3 is 2.17 bits per heavy atom. The van der Waals surface area contributed by atoms with Crippen LogP contribution >= 0.6 is 0 Å². The van der Waals surface area contributed by atoms with Crippen molar-refractivity contribution in [1.29, 1.82) is 0 Å². The van der Waals surface area contributed by atoms with Crippen molar-refractivity contribution in [2.75, 3.05) is 82.7 Å². The number of methoxy groups -OCH3 is 2. The minimum atomic E-state index is -3.66. The molecule has 2 heterocycles. The molecule has 1 fully saturated rings. The summed E-state index contributed by atoms with van der Waals surface area (Å²) in [6.45, 7) is 9.18. The monoisotopic (exact) mass is 965 g/mol. The number of carbonyl (C=O) groups is 4. The summed E-state index contributed by atoms with van der Waals surface area (Å²) in [5.74, 6) is 0.757. The molecule has 0 aliphatic carbocycles. The Labute approximate surface area is 404 Å². The maximum absolute atomic E-state index is 13.6. The van der Waals surface area contributed by atoms with E-state index in [1.54, 1.807) is 73.6 Å². The first-order chi connectivity index (χ1) is 32.7. The number of nitrogens with one attached hydrogen (secondary N) is 3. The van der Waals surface area contributed by atoms with Gasteiger partial charge in [-0.1, -0.05) is 51.1 Å². The summed E-state index contributed by atoms with van der Waals surface area (Å²) in [7, 11) is 2.68. The Morgan fingerprint density at radius 1 is 0.826 bits per heavy atom. The van der Waals surface area contributed by atoms with Crippen LogP contribution in [0.2, 0.25) is 0 Å². The van der Waals surface area contributed by atoms with Crippen LogP contribution in [0, 0.1) is 0 Å². The molecule has 1 saturated heterocycles. The Hall–Kier alpha value is -6.76. The summed E-state index contributed by atoms with van der Waals surface area (Å²) in [5.41, 5.74) is 3.53. The van der Waals surface area contributed by atoms with E-state index in [1.165, 1.54) is 7.11 Å². The number of aliphatic carboxylic acids is 1. The van der Waals surface area contributed by atoms with Crippen molar-refractivity contribution >= 4 is 61.5 Å². The predicted molar refractivity (Wildman–Crippen MR) is 268 cm³/mol. The van der Waals surface area contributed by atoms with Crippen molar-refractivity contribution < 1.29 is 46.9 Å². The number of ether oxygens (including phenoxy) is 3. The van der Waals surface area contributed by atoms with E-state index >= 15 is 0 Å². The van der Waals surface area contributed by atoms with Crippen molar-refractivity contribution in [3.05, 3.63) is 107 Å². The van der Waals surface area contributed by atoms with Gasteiger partial charge in [0.05, 0.1) is 43.1 Å². The van der Waals surface area contributed by atoms with Gasteiger partial charge < -0.3 is 34.9 Å². The van der Waals surface area contributed by atoms with Gasteiger partial charge in [0, 0.05) is 74.2 Å². The molecule has 0 bridgehead atoms. The number of hydrogen-bond donors (Lipinski definition) is 4. The minimum Gasteiger partial charge on any atom is -0.496 e. The Bertz CT molecular complexity index is 2790. The summed E-state index contributed by atoms with van der Waals surface area (Å²) in [4.78, 5) is 61.5. The highest BCUT2D eigenvalue weighted by atomic mass is 32.2. The second-order valence-electron chi connectivity index (χ2n) is 18.4. The average Bonchev–Trinajstić information content (AvgIpc) is 3.29. The molecule has 69 heavy (non-hydrogen) atoms. The fourth-order valence-electron chi connectivity index (χ4n) is 8.26. The molecule has 18 heteroatoms. The average molecular weight is 966 g/mol. The number of pyridine rings is 1. The molecule has 1 aliphatic rings. The number of piperazine rings is 1. The van der Waals surface area contributed by atoms with Crippen molar-refractivity contribution in [2.24, 2.45) is 0 Å². The number of aromatic nitrogens is 1. The quantitative estimate of drug-likeness (QED) is 0.0549. The molecule has 368 valence electrons. The van der Waals surface area contributed by atoms with E-state index in [0.717, 1.165) is 28.5 Å². The third kappa shape index (κ3) is 13.9. The van der Waals surface area contributed by atoms with Gasteiger partial charge in [-0.05, 0) is 92.5 Å². The SMILES string of the molecule is COc1cc(Cc2cc(Oc3ccc(NC(=O)Nc4cc(C(C)(C)C)cc(NS(C)(=O)=O)c4OC)c4ccccc34)ccn2)ccc1C(=O)CCCN1CCN(C(=O)CC[C@@H](C(=O)O)N(C)C)CC1. The van der Waals surface area contributed by atoms with Crippen molar-refractivity contribution in [3.63, 3.8) is 0 Å². The number of Topliss-reactive ketones (excluding diaryl/α,β-unsaturated/α-hetero) is 1.